The van der Waals surface area contributed by atoms with Crippen molar-refractivity contribution in [2.45, 2.75) is 402 Å². The number of amides is 1. The largest absolute Gasteiger partial charge is 0.465 e. The van der Waals surface area contributed by atoms with Gasteiger partial charge in [0.2, 0.25) is 5.91 Å². The zero-order valence-electron chi connectivity index (χ0n) is 67.8. The van der Waals surface area contributed by atoms with Crippen LogP contribution in [0.5, 0.6) is 0 Å². The van der Waals surface area contributed by atoms with Gasteiger partial charge in [-0.2, -0.15) is 0 Å². The maximum Gasteiger partial charge on any atom is 0.308 e. The van der Waals surface area contributed by atoms with Crippen LogP contribution in [0.15, 0.2) is 30.6 Å². The lowest BCUT2D eigenvalue weighted by molar-refractivity contribution is -0.150. The molecule has 588 valence electrons. The third kappa shape index (κ3) is 45.4. The average molecular weight is 1430 g/mol. The number of nitrogens with zero attached hydrogens (tertiary/aromatic N) is 5. The number of nitrogens with one attached hydrogen (secondary N) is 1. The summed E-state index contributed by atoms with van der Waals surface area (Å²) < 4.78 is 20.3. The Bertz CT molecular complexity index is 2420. The Morgan fingerprint density at radius 3 is 1.08 bits per heavy atom. The molecule has 102 heavy (non-hydrogen) atoms. The summed E-state index contributed by atoms with van der Waals surface area (Å²) in [5, 5.41) is 4.22. The standard InChI is InChI=1S/C89H160N6O7/c1-9-15-21-27-30-43-60-78(57-40-24-18-12-4)87(97)100-72-53-36-33-49-66-93(67-50-34-37-54-73-101-88(98)79(58-41-25-19-13-5)61-44-31-28-22-16-10-2)70-56-71-94(68-51-35-38-55-74-102-89(99)80(59-42-26-20-14-6)62-45-32-29-23-17-11-3)69-52-39-46-65-83(96)92-86-84-85(95(76-90-84)75-77(7)8)81-63-47-48-64-82(81)91-86/h47-48,63-64,76-80H,9-46,49-62,65-75H2,1-8H3,(H,91,92,96). The molecule has 0 aliphatic heterocycles. The summed E-state index contributed by atoms with van der Waals surface area (Å²) in [6.45, 7) is 26.7. The van der Waals surface area contributed by atoms with Gasteiger partial charge in [-0.3, -0.25) is 19.2 Å². The van der Waals surface area contributed by atoms with Crippen LogP contribution in [0.4, 0.5) is 5.82 Å². The first-order chi connectivity index (χ1) is 50.0. The van der Waals surface area contributed by atoms with Gasteiger partial charge in [0, 0.05) is 18.4 Å². The van der Waals surface area contributed by atoms with Crippen molar-refractivity contribution in [1.29, 1.82) is 0 Å². The number of carbonyl (C=O) groups is 4. The van der Waals surface area contributed by atoms with Gasteiger partial charge in [-0.05, 0) is 148 Å². The number of anilines is 1. The topological polar surface area (TPSA) is 145 Å². The van der Waals surface area contributed by atoms with Crippen LogP contribution in [0.1, 0.15) is 396 Å². The molecule has 3 rings (SSSR count). The SMILES string of the molecule is CCCCCCCCC(CCCCCC)C(=O)OCCCCCCN(CCCCCCOC(=O)C(CCCCCC)CCCCCCCC)CCCN(CCCCCCOC(=O)C(CCCCCC)CCCCCCCC)CCCCCC(=O)Nc1nc2ccccc2c2c1ncn2CC(C)C. The highest BCUT2D eigenvalue weighted by Crippen LogP contribution is 2.30. The van der Waals surface area contributed by atoms with Crippen molar-refractivity contribution < 1.29 is 33.4 Å². The molecule has 3 unspecified atom stereocenters. The lowest BCUT2D eigenvalue weighted by atomic mass is 9.94. The fraction of sp³-hybridized carbons (Fsp3) is 0.843. The Morgan fingerprint density at radius 2 is 0.706 bits per heavy atom. The molecule has 0 spiro atoms. The maximum absolute atomic E-state index is 13.7. The first-order valence-corrected chi connectivity index (χ1v) is 44.0. The number of aromatic nitrogens is 3. The van der Waals surface area contributed by atoms with E-state index in [0.717, 1.165) is 248 Å². The molecule has 0 aliphatic rings. The Labute approximate surface area is 627 Å². The summed E-state index contributed by atoms with van der Waals surface area (Å²) in [6.07, 6.45) is 61.5. The van der Waals surface area contributed by atoms with E-state index >= 15 is 0 Å². The van der Waals surface area contributed by atoms with Crippen LogP contribution in [0.3, 0.4) is 0 Å². The van der Waals surface area contributed by atoms with Gasteiger partial charge in [0.15, 0.2) is 5.82 Å². The van der Waals surface area contributed by atoms with Gasteiger partial charge in [0.05, 0.1) is 54.9 Å². The van der Waals surface area contributed by atoms with Crippen LogP contribution in [0.2, 0.25) is 0 Å². The molecule has 13 nitrogen and oxygen atoms in total. The Kier molecular flexibility index (Phi) is 57.9. The molecule has 0 bridgehead atoms. The molecule has 1 N–H and O–H groups in total. The molecule has 3 aromatic rings. The van der Waals surface area contributed by atoms with E-state index in [2.05, 4.69) is 81.1 Å². The number of esters is 3. The van der Waals surface area contributed by atoms with E-state index in [0.29, 0.717) is 38.0 Å². The molecular weight excluding hydrogens is 1270 g/mol. The number of para-hydroxylation sites is 1. The van der Waals surface area contributed by atoms with Gasteiger partial charge in [-0.25, -0.2) is 9.97 Å². The Morgan fingerprint density at radius 1 is 0.392 bits per heavy atom. The molecule has 2 aromatic heterocycles. The summed E-state index contributed by atoms with van der Waals surface area (Å²) >= 11 is 0. The Balaban J connectivity index is 1.65. The number of rotatable bonds is 73. The van der Waals surface area contributed by atoms with E-state index < -0.39 is 0 Å². The predicted octanol–water partition coefficient (Wildman–Crippen LogP) is 25.1. The molecule has 2 heterocycles. The van der Waals surface area contributed by atoms with Crippen molar-refractivity contribution in [3.05, 3.63) is 30.6 Å². The second-order valence-corrected chi connectivity index (χ2v) is 31.4. The summed E-state index contributed by atoms with van der Waals surface area (Å²) in [7, 11) is 0. The summed E-state index contributed by atoms with van der Waals surface area (Å²) in [5.41, 5.74) is 2.62. The molecule has 0 radical (unpaired) electrons. The van der Waals surface area contributed by atoms with Gasteiger partial charge in [-0.15, -0.1) is 0 Å². The zero-order chi connectivity index (χ0) is 73.6. The first-order valence-electron chi connectivity index (χ1n) is 44.0. The van der Waals surface area contributed by atoms with E-state index in [1.165, 1.54) is 154 Å². The third-order valence-corrected chi connectivity index (χ3v) is 21.4. The van der Waals surface area contributed by atoms with Gasteiger partial charge in [-0.1, -0.05) is 311 Å². The molecule has 0 saturated heterocycles. The first kappa shape index (κ1) is 92.1. The van der Waals surface area contributed by atoms with E-state index in [1.54, 1.807) is 0 Å². The number of ether oxygens (including phenoxy) is 3. The summed E-state index contributed by atoms with van der Waals surface area (Å²) in [5.74, 6) is 1.24. The number of pyridine rings is 1. The molecule has 0 saturated carbocycles. The van der Waals surface area contributed by atoms with Gasteiger partial charge in [0.1, 0.15) is 5.52 Å². The molecule has 1 aromatic carbocycles. The van der Waals surface area contributed by atoms with Crippen molar-refractivity contribution >= 4 is 51.6 Å². The number of imidazole rings is 1. The molecule has 0 aliphatic carbocycles. The van der Waals surface area contributed by atoms with E-state index in [1.807, 2.05) is 24.5 Å². The highest BCUT2D eigenvalue weighted by atomic mass is 16.5. The number of hydrogen-bond acceptors (Lipinski definition) is 11. The van der Waals surface area contributed by atoms with Crippen molar-refractivity contribution in [2.75, 3.05) is 64.4 Å². The number of fused-ring (bicyclic) bond motifs is 3. The fourth-order valence-corrected chi connectivity index (χ4v) is 14.9. The maximum atomic E-state index is 13.7. The number of carbonyl (C=O) groups excluding carboxylic acids is 4. The lowest BCUT2D eigenvalue weighted by Crippen LogP contribution is -2.32. The van der Waals surface area contributed by atoms with Crippen LogP contribution in [0, 0.1) is 23.7 Å². The van der Waals surface area contributed by atoms with E-state index in [9.17, 15) is 19.2 Å². The van der Waals surface area contributed by atoms with Crippen LogP contribution < -0.4 is 5.32 Å². The number of benzene rings is 1. The lowest BCUT2D eigenvalue weighted by Gasteiger charge is -2.26. The minimum Gasteiger partial charge on any atom is -0.465 e. The van der Waals surface area contributed by atoms with Gasteiger partial charge < -0.3 is 33.9 Å². The molecule has 1 amide bonds. The summed E-state index contributed by atoms with van der Waals surface area (Å²) in [6, 6.07) is 8.15. The van der Waals surface area contributed by atoms with Gasteiger partial charge >= 0.3 is 17.9 Å². The quantitative estimate of drug-likeness (QED) is 0.0327. The minimum atomic E-state index is -0.0151. The summed E-state index contributed by atoms with van der Waals surface area (Å²) in [4.78, 5) is 69.2. The van der Waals surface area contributed by atoms with Crippen molar-refractivity contribution in [2.24, 2.45) is 23.7 Å². The van der Waals surface area contributed by atoms with Crippen LogP contribution in [-0.4, -0.2) is 107 Å². The second kappa shape index (κ2) is 64.1. The highest BCUT2D eigenvalue weighted by molar-refractivity contribution is 6.09. The fourth-order valence-electron chi connectivity index (χ4n) is 14.9. The monoisotopic (exact) mass is 1430 g/mol. The predicted molar refractivity (Wildman–Crippen MR) is 433 cm³/mol. The normalized spacial score (nSPS) is 12.7. The second-order valence-electron chi connectivity index (χ2n) is 31.4. The smallest absolute Gasteiger partial charge is 0.308 e. The van der Waals surface area contributed by atoms with Crippen LogP contribution >= 0.6 is 0 Å². The van der Waals surface area contributed by atoms with E-state index in [4.69, 9.17) is 24.2 Å². The minimum absolute atomic E-state index is 0.0151. The van der Waals surface area contributed by atoms with E-state index in [-0.39, 0.29) is 41.6 Å². The molecule has 3 atom stereocenters. The zero-order valence-corrected chi connectivity index (χ0v) is 67.8. The highest BCUT2D eigenvalue weighted by Gasteiger charge is 2.23. The number of hydrogen-bond donors (Lipinski definition) is 1. The third-order valence-electron chi connectivity index (χ3n) is 21.4. The average Bonchev–Trinajstić information content (AvgIpc) is 1.57. The van der Waals surface area contributed by atoms with Crippen LogP contribution in [0.25, 0.3) is 21.9 Å². The van der Waals surface area contributed by atoms with Crippen molar-refractivity contribution in [3.8, 4) is 0 Å². The van der Waals surface area contributed by atoms with Gasteiger partial charge in [0.25, 0.3) is 0 Å². The molecule has 0 fully saturated rings. The molecular formula is C89H160N6O7. The van der Waals surface area contributed by atoms with Crippen molar-refractivity contribution in [1.82, 2.24) is 24.3 Å². The van der Waals surface area contributed by atoms with Crippen molar-refractivity contribution in [3.63, 3.8) is 0 Å². The number of unbranched alkanes of at least 4 members (excludes halogenated alkanes) is 35. The molecule has 13 heteroatoms. The Hall–Kier alpha value is -4.10. The van der Waals surface area contributed by atoms with Crippen LogP contribution in [-0.2, 0) is 39.9 Å².